The van der Waals surface area contributed by atoms with Crippen LogP contribution in [0.15, 0.2) is 0 Å². The summed E-state index contributed by atoms with van der Waals surface area (Å²) in [7, 11) is 1.87. The summed E-state index contributed by atoms with van der Waals surface area (Å²) in [6, 6.07) is 0.284. The van der Waals surface area contributed by atoms with Crippen LogP contribution in [0.1, 0.15) is 40.5 Å². The molecule has 15 heavy (non-hydrogen) atoms. The lowest BCUT2D eigenvalue weighted by molar-refractivity contribution is -0.125. The number of carbonyl (C=O) groups excluding carboxylic acids is 1. The summed E-state index contributed by atoms with van der Waals surface area (Å²) in [6.45, 7) is 9.17. The molecule has 3 atom stereocenters. The molecule has 2 N–H and O–H groups in total. The molecule has 0 bridgehead atoms. The molecule has 0 saturated heterocycles. The highest BCUT2D eigenvalue weighted by atomic mass is 16.1. The van der Waals surface area contributed by atoms with Gasteiger partial charge in [0.15, 0.2) is 0 Å². The van der Waals surface area contributed by atoms with Gasteiger partial charge < -0.3 is 10.6 Å². The molecule has 0 spiro atoms. The lowest BCUT2D eigenvalue weighted by atomic mass is 10.00. The van der Waals surface area contributed by atoms with Crippen LogP contribution in [0.4, 0.5) is 0 Å². The van der Waals surface area contributed by atoms with Crippen LogP contribution < -0.4 is 10.6 Å². The number of hydrogen-bond donors (Lipinski definition) is 2. The lowest BCUT2D eigenvalue weighted by Gasteiger charge is -2.19. The molecule has 3 unspecified atom stereocenters. The normalized spacial score (nSPS) is 16.9. The minimum Gasteiger partial charge on any atom is -0.353 e. The minimum absolute atomic E-state index is 0.0504. The number of rotatable bonds is 7. The van der Waals surface area contributed by atoms with E-state index in [9.17, 15) is 4.79 Å². The Morgan fingerprint density at radius 1 is 1.27 bits per heavy atom. The van der Waals surface area contributed by atoms with Crippen LogP contribution in [0, 0.1) is 11.8 Å². The molecule has 0 radical (unpaired) electrons. The van der Waals surface area contributed by atoms with Crippen molar-refractivity contribution in [1.29, 1.82) is 0 Å². The van der Waals surface area contributed by atoms with Crippen LogP contribution in [0.25, 0.3) is 0 Å². The van der Waals surface area contributed by atoms with E-state index in [0.29, 0.717) is 5.92 Å². The first-order valence-electron chi connectivity index (χ1n) is 5.96. The van der Waals surface area contributed by atoms with E-state index in [4.69, 9.17) is 0 Å². The summed E-state index contributed by atoms with van der Waals surface area (Å²) in [6.07, 6.45) is 2.24. The van der Waals surface area contributed by atoms with E-state index in [1.807, 2.05) is 14.0 Å². The summed E-state index contributed by atoms with van der Waals surface area (Å²) in [5, 5.41) is 6.06. The van der Waals surface area contributed by atoms with Gasteiger partial charge in [-0.3, -0.25) is 4.79 Å². The van der Waals surface area contributed by atoms with Crippen LogP contribution in [-0.2, 0) is 4.79 Å². The van der Waals surface area contributed by atoms with Gasteiger partial charge >= 0.3 is 0 Å². The molecule has 0 aromatic heterocycles. The fraction of sp³-hybridized carbons (Fsp3) is 0.917. The molecule has 1 amide bonds. The first kappa shape index (κ1) is 14.4. The third kappa shape index (κ3) is 6.50. The van der Waals surface area contributed by atoms with Crippen LogP contribution in [-0.4, -0.2) is 25.5 Å². The van der Waals surface area contributed by atoms with Crippen molar-refractivity contribution >= 4 is 5.91 Å². The van der Waals surface area contributed by atoms with Gasteiger partial charge in [0.25, 0.3) is 0 Å². The van der Waals surface area contributed by atoms with Gasteiger partial charge in [0.1, 0.15) is 0 Å². The van der Waals surface area contributed by atoms with Gasteiger partial charge in [-0.25, -0.2) is 0 Å². The van der Waals surface area contributed by atoms with E-state index in [1.165, 1.54) is 6.42 Å². The second-order valence-corrected chi connectivity index (χ2v) is 4.62. The Balaban J connectivity index is 3.84. The van der Waals surface area contributed by atoms with Gasteiger partial charge in [0, 0.05) is 18.5 Å². The fourth-order valence-electron chi connectivity index (χ4n) is 1.61. The molecule has 90 valence electrons. The predicted molar refractivity (Wildman–Crippen MR) is 64.8 cm³/mol. The Morgan fingerprint density at radius 3 is 2.33 bits per heavy atom. The molecule has 0 aromatic rings. The van der Waals surface area contributed by atoms with Crippen molar-refractivity contribution in [2.24, 2.45) is 11.8 Å². The molecule has 0 fully saturated rings. The zero-order chi connectivity index (χ0) is 11.8. The number of hydrogen-bond acceptors (Lipinski definition) is 2. The highest BCUT2D eigenvalue weighted by Crippen LogP contribution is 2.09. The van der Waals surface area contributed by atoms with Crippen molar-refractivity contribution < 1.29 is 4.79 Å². The maximum atomic E-state index is 11.7. The summed E-state index contributed by atoms with van der Waals surface area (Å²) >= 11 is 0. The van der Waals surface area contributed by atoms with E-state index >= 15 is 0 Å². The van der Waals surface area contributed by atoms with Gasteiger partial charge in [0.05, 0.1) is 0 Å². The largest absolute Gasteiger partial charge is 0.353 e. The maximum Gasteiger partial charge on any atom is 0.224 e. The van der Waals surface area contributed by atoms with Crippen molar-refractivity contribution in [3.8, 4) is 0 Å². The van der Waals surface area contributed by atoms with E-state index in [0.717, 1.165) is 13.0 Å². The molecular formula is C12H26N2O. The van der Waals surface area contributed by atoms with Crippen molar-refractivity contribution in [2.45, 2.75) is 46.6 Å². The highest BCUT2D eigenvalue weighted by Gasteiger charge is 2.15. The summed E-state index contributed by atoms with van der Waals surface area (Å²) in [5.41, 5.74) is 0. The van der Waals surface area contributed by atoms with Gasteiger partial charge in [-0.1, -0.05) is 27.2 Å². The molecular weight excluding hydrogens is 188 g/mol. The van der Waals surface area contributed by atoms with Crippen molar-refractivity contribution in [3.63, 3.8) is 0 Å². The van der Waals surface area contributed by atoms with Crippen LogP contribution in [0.3, 0.4) is 0 Å². The minimum atomic E-state index is 0.0504. The van der Waals surface area contributed by atoms with Crippen molar-refractivity contribution in [2.75, 3.05) is 13.6 Å². The Hall–Kier alpha value is -0.570. The lowest BCUT2D eigenvalue weighted by Crippen LogP contribution is -2.40. The van der Waals surface area contributed by atoms with Crippen LogP contribution in [0.5, 0.6) is 0 Å². The Bertz CT molecular complexity index is 182. The quantitative estimate of drug-likeness (QED) is 0.678. The zero-order valence-electron chi connectivity index (χ0n) is 10.8. The van der Waals surface area contributed by atoms with Gasteiger partial charge in [0.2, 0.25) is 5.91 Å². The number of amides is 1. The Kier molecular flexibility index (Phi) is 7.39. The highest BCUT2D eigenvalue weighted by molar-refractivity contribution is 5.78. The maximum absolute atomic E-state index is 11.7. The molecule has 0 aliphatic heterocycles. The Labute approximate surface area is 94.0 Å². The summed E-state index contributed by atoms with van der Waals surface area (Å²) in [5.74, 6) is 0.884. The van der Waals surface area contributed by atoms with Gasteiger partial charge in [-0.15, -0.1) is 0 Å². The van der Waals surface area contributed by atoms with Crippen LogP contribution >= 0.6 is 0 Å². The van der Waals surface area contributed by atoms with Crippen molar-refractivity contribution in [1.82, 2.24) is 10.6 Å². The molecule has 0 saturated carbocycles. The molecule has 3 nitrogen and oxygen atoms in total. The topological polar surface area (TPSA) is 41.1 Å². The SMILES string of the molecule is CCC(C)CC(C)NC(=O)C(C)CNC. The fourth-order valence-corrected chi connectivity index (χ4v) is 1.61. The number of carbonyl (C=O) groups is 1. The summed E-state index contributed by atoms with van der Waals surface area (Å²) < 4.78 is 0. The third-order valence-corrected chi connectivity index (χ3v) is 2.80. The van der Waals surface area contributed by atoms with E-state index < -0.39 is 0 Å². The molecule has 0 aliphatic carbocycles. The third-order valence-electron chi connectivity index (χ3n) is 2.80. The molecule has 3 heteroatoms. The zero-order valence-corrected chi connectivity index (χ0v) is 10.8. The number of nitrogens with one attached hydrogen (secondary N) is 2. The molecule has 0 heterocycles. The molecule has 0 aromatic carbocycles. The van der Waals surface area contributed by atoms with E-state index in [1.54, 1.807) is 0 Å². The van der Waals surface area contributed by atoms with Crippen molar-refractivity contribution in [3.05, 3.63) is 0 Å². The van der Waals surface area contributed by atoms with Gasteiger partial charge in [-0.2, -0.15) is 0 Å². The molecule has 0 aliphatic rings. The summed E-state index contributed by atoms with van der Waals surface area (Å²) in [4.78, 5) is 11.7. The Morgan fingerprint density at radius 2 is 1.87 bits per heavy atom. The first-order chi connectivity index (χ1) is 7.01. The average Bonchev–Trinajstić information content (AvgIpc) is 2.17. The second kappa shape index (κ2) is 7.69. The monoisotopic (exact) mass is 214 g/mol. The van der Waals surface area contributed by atoms with E-state index in [-0.39, 0.29) is 17.9 Å². The average molecular weight is 214 g/mol. The molecule has 0 rings (SSSR count). The van der Waals surface area contributed by atoms with E-state index in [2.05, 4.69) is 31.4 Å². The smallest absolute Gasteiger partial charge is 0.224 e. The first-order valence-corrected chi connectivity index (χ1v) is 5.96. The standard InChI is InChI=1S/C12H26N2O/c1-6-9(2)7-11(4)14-12(15)10(3)8-13-5/h9-11,13H,6-8H2,1-5H3,(H,14,15). The van der Waals surface area contributed by atoms with Crippen LogP contribution in [0.2, 0.25) is 0 Å². The second-order valence-electron chi connectivity index (χ2n) is 4.62. The van der Waals surface area contributed by atoms with Gasteiger partial charge in [-0.05, 0) is 26.3 Å². The predicted octanol–water partition coefficient (Wildman–Crippen LogP) is 1.78.